The lowest BCUT2D eigenvalue weighted by atomic mass is 9.88. The Balaban J connectivity index is 2.62. The topological polar surface area (TPSA) is 52.6 Å². The molecule has 0 saturated heterocycles. The highest BCUT2D eigenvalue weighted by Crippen LogP contribution is 2.20. The van der Waals surface area contributed by atoms with Crippen LogP contribution in [0.1, 0.15) is 20.8 Å². The molecule has 0 N–H and O–H groups in total. The zero-order chi connectivity index (χ0) is 14.5. The molecule has 0 atom stereocenters. The molecule has 0 amide bonds. The fourth-order valence-corrected chi connectivity index (χ4v) is 1.31. The predicted octanol–water partition coefficient (Wildman–Crippen LogP) is 2.36. The van der Waals surface area contributed by atoms with Gasteiger partial charge in [0.15, 0.2) is 5.78 Å². The zero-order valence-corrected chi connectivity index (χ0v) is 11.2. The van der Waals surface area contributed by atoms with Gasteiger partial charge in [0.1, 0.15) is 23.6 Å². The van der Waals surface area contributed by atoms with Crippen molar-refractivity contribution >= 4 is 11.8 Å². The third-order valence-electron chi connectivity index (χ3n) is 2.65. The molecule has 0 saturated carbocycles. The molecule has 1 rings (SSSR count). The average Bonchev–Trinajstić information content (AvgIpc) is 2.36. The lowest BCUT2D eigenvalue weighted by molar-refractivity contribution is -0.158. The number of carbonyl (C=O) groups is 2. The van der Waals surface area contributed by atoms with Gasteiger partial charge >= 0.3 is 5.97 Å². The van der Waals surface area contributed by atoms with Crippen LogP contribution in [0.2, 0.25) is 0 Å². The number of esters is 1. The summed E-state index contributed by atoms with van der Waals surface area (Å²) < 4.78 is 22.9. The second-order valence-electron chi connectivity index (χ2n) is 4.51. The summed E-state index contributed by atoms with van der Waals surface area (Å²) >= 11 is 0. The molecule has 0 fully saturated rings. The van der Waals surface area contributed by atoms with Crippen LogP contribution in [0.15, 0.2) is 24.3 Å². The Kier molecular flexibility index (Phi) is 5.03. The smallest absolute Gasteiger partial charge is 0.319 e. The van der Waals surface area contributed by atoms with Crippen molar-refractivity contribution in [1.82, 2.24) is 0 Å². The van der Waals surface area contributed by atoms with Gasteiger partial charge in [-0.2, -0.15) is 0 Å². The highest BCUT2D eigenvalue weighted by Gasteiger charge is 2.37. The van der Waals surface area contributed by atoms with E-state index in [0.29, 0.717) is 0 Å². The third-order valence-corrected chi connectivity index (χ3v) is 2.65. The van der Waals surface area contributed by atoms with Crippen LogP contribution in [0, 0.1) is 11.2 Å². The summed E-state index contributed by atoms with van der Waals surface area (Å²) in [5.41, 5.74) is -1.27. The van der Waals surface area contributed by atoms with Crippen LogP contribution in [-0.2, 0) is 14.3 Å². The first-order valence-electron chi connectivity index (χ1n) is 5.96. The minimum absolute atomic E-state index is 0.209. The molecule has 104 valence electrons. The largest absolute Gasteiger partial charge is 0.486 e. The Morgan fingerprint density at radius 1 is 1.32 bits per heavy atom. The summed E-state index contributed by atoms with van der Waals surface area (Å²) in [6.07, 6.45) is 0. The molecular formula is C14H17FO4. The Morgan fingerprint density at radius 3 is 2.58 bits per heavy atom. The maximum atomic E-state index is 12.9. The predicted molar refractivity (Wildman–Crippen MR) is 67.3 cm³/mol. The average molecular weight is 268 g/mol. The number of rotatable bonds is 6. The lowest BCUT2D eigenvalue weighted by Crippen LogP contribution is -2.38. The molecule has 4 nitrogen and oxygen atoms in total. The Bertz CT molecular complexity index is 468. The number of benzene rings is 1. The highest BCUT2D eigenvalue weighted by atomic mass is 19.1. The number of hydrogen-bond donors (Lipinski definition) is 0. The van der Waals surface area contributed by atoms with E-state index >= 15 is 0 Å². The van der Waals surface area contributed by atoms with Crippen molar-refractivity contribution in [2.75, 3.05) is 13.2 Å². The SMILES string of the molecule is CCOC(=O)C(C)(C)C(=O)COc1cccc(F)c1. The Hall–Kier alpha value is -1.91. The normalized spacial score (nSPS) is 10.9. The highest BCUT2D eigenvalue weighted by molar-refractivity contribution is 6.03. The Morgan fingerprint density at radius 2 is 2.00 bits per heavy atom. The maximum Gasteiger partial charge on any atom is 0.319 e. The molecule has 0 unspecified atom stereocenters. The van der Waals surface area contributed by atoms with E-state index in [1.165, 1.54) is 38.1 Å². The van der Waals surface area contributed by atoms with E-state index in [1.807, 2.05) is 0 Å². The second-order valence-corrected chi connectivity index (χ2v) is 4.51. The molecule has 0 heterocycles. The van der Waals surface area contributed by atoms with Gasteiger partial charge in [-0.05, 0) is 32.9 Å². The van der Waals surface area contributed by atoms with Crippen molar-refractivity contribution in [3.63, 3.8) is 0 Å². The minimum Gasteiger partial charge on any atom is -0.486 e. The van der Waals surface area contributed by atoms with E-state index in [9.17, 15) is 14.0 Å². The fourth-order valence-electron chi connectivity index (χ4n) is 1.31. The molecule has 1 aromatic carbocycles. The van der Waals surface area contributed by atoms with Gasteiger partial charge in [-0.1, -0.05) is 6.07 Å². The monoisotopic (exact) mass is 268 g/mol. The quantitative estimate of drug-likeness (QED) is 0.587. The molecule has 0 spiro atoms. The van der Waals surface area contributed by atoms with E-state index < -0.39 is 23.0 Å². The van der Waals surface area contributed by atoms with Crippen LogP contribution in [-0.4, -0.2) is 25.0 Å². The van der Waals surface area contributed by atoms with Crippen LogP contribution in [0.25, 0.3) is 0 Å². The van der Waals surface area contributed by atoms with Gasteiger partial charge < -0.3 is 9.47 Å². The van der Waals surface area contributed by atoms with Crippen molar-refractivity contribution in [3.8, 4) is 5.75 Å². The van der Waals surface area contributed by atoms with Crippen LogP contribution >= 0.6 is 0 Å². The van der Waals surface area contributed by atoms with Gasteiger partial charge in [0.25, 0.3) is 0 Å². The zero-order valence-electron chi connectivity index (χ0n) is 11.2. The molecule has 0 bridgehead atoms. The molecule has 5 heteroatoms. The molecule has 19 heavy (non-hydrogen) atoms. The van der Waals surface area contributed by atoms with Crippen LogP contribution in [0.4, 0.5) is 4.39 Å². The Labute approximate surface area is 111 Å². The van der Waals surface area contributed by atoms with Gasteiger partial charge in [-0.3, -0.25) is 9.59 Å². The van der Waals surface area contributed by atoms with Crippen molar-refractivity contribution < 1.29 is 23.5 Å². The van der Waals surface area contributed by atoms with Gasteiger partial charge in [-0.15, -0.1) is 0 Å². The minimum atomic E-state index is -1.27. The van der Waals surface area contributed by atoms with E-state index in [-0.39, 0.29) is 19.0 Å². The molecule has 0 aliphatic heterocycles. The van der Waals surface area contributed by atoms with Crippen LogP contribution in [0.5, 0.6) is 5.75 Å². The number of halogens is 1. The first-order valence-corrected chi connectivity index (χ1v) is 5.96. The van der Waals surface area contributed by atoms with E-state index in [0.717, 1.165) is 0 Å². The van der Waals surface area contributed by atoms with Crippen LogP contribution in [0.3, 0.4) is 0 Å². The number of Topliss-reactive ketones (excluding diaryl/α,β-unsaturated/α-hetero) is 1. The molecule has 0 radical (unpaired) electrons. The van der Waals surface area contributed by atoms with Gasteiger partial charge in [-0.25, -0.2) is 4.39 Å². The third kappa shape index (κ3) is 4.05. The van der Waals surface area contributed by atoms with E-state index in [4.69, 9.17) is 9.47 Å². The first-order chi connectivity index (χ1) is 8.87. The number of ketones is 1. The summed E-state index contributed by atoms with van der Waals surface area (Å²) in [4.78, 5) is 23.5. The van der Waals surface area contributed by atoms with E-state index in [1.54, 1.807) is 6.92 Å². The van der Waals surface area contributed by atoms with Crippen molar-refractivity contribution in [2.45, 2.75) is 20.8 Å². The standard InChI is InChI=1S/C14H17FO4/c1-4-18-13(17)14(2,3)12(16)9-19-11-7-5-6-10(15)8-11/h5-8H,4,9H2,1-3H3. The van der Waals surface area contributed by atoms with Gasteiger partial charge in [0, 0.05) is 6.07 Å². The van der Waals surface area contributed by atoms with Gasteiger partial charge in [0.2, 0.25) is 0 Å². The summed E-state index contributed by atoms with van der Waals surface area (Å²) in [6, 6.07) is 5.46. The molecule has 0 aliphatic carbocycles. The summed E-state index contributed by atoms with van der Waals surface area (Å²) in [7, 11) is 0. The van der Waals surface area contributed by atoms with Crippen molar-refractivity contribution in [2.24, 2.45) is 5.41 Å². The summed E-state index contributed by atoms with van der Waals surface area (Å²) in [5.74, 6) is -1.22. The molecule has 0 aliphatic rings. The second kappa shape index (κ2) is 6.31. The molecule has 0 aromatic heterocycles. The molecule has 1 aromatic rings. The molecular weight excluding hydrogens is 251 g/mol. The van der Waals surface area contributed by atoms with E-state index in [2.05, 4.69) is 0 Å². The van der Waals surface area contributed by atoms with Crippen molar-refractivity contribution in [3.05, 3.63) is 30.1 Å². The fraction of sp³-hybridized carbons (Fsp3) is 0.429. The van der Waals surface area contributed by atoms with Gasteiger partial charge in [0.05, 0.1) is 6.61 Å². The van der Waals surface area contributed by atoms with Crippen LogP contribution < -0.4 is 4.74 Å². The summed E-state index contributed by atoms with van der Waals surface area (Å²) in [6.45, 7) is 4.52. The lowest BCUT2D eigenvalue weighted by Gasteiger charge is -2.20. The summed E-state index contributed by atoms with van der Waals surface area (Å²) in [5, 5.41) is 0. The van der Waals surface area contributed by atoms with Crippen molar-refractivity contribution in [1.29, 1.82) is 0 Å². The number of ether oxygens (including phenoxy) is 2. The first kappa shape index (κ1) is 15.1. The number of hydrogen-bond acceptors (Lipinski definition) is 4. The maximum absolute atomic E-state index is 12.9. The number of carbonyl (C=O) groups excluding carboxylic acids is 2.